The molecule has 0 fully saturated rings. The molecule has 0 radical (unpaired) electrons. The maximum absolute atomic E-state index is 13.0. The van der Waals surface area contributed by atoms with E-state index < -0.39 is 17.6 Å². The summed E-state index contributed by atoms with van der Waals surface area (Å²) in [5, 5.41) is 14.6. The largest absolute Gasteiger partial charge is 0.490 e. The van der Waals surface area contributed by atoms with E-state index in [1.54, 1.807) is 19.1 Å². The van der Waals surface area contributed by atoms with Gasteiger partial charge in [-0.25, -0.2) is 0 Å². The Morgan fingerprint density at radius 2 is 1.74 bits per heavy atom. The monoisotopic (exact) mass is 537 g/mol. The van der Waals surface area contributed by atoms with Crippen LogP contribution in [0, 0.1) is 25.2 Å². The van der Waals surface area contributed by atoms with Crippen LogP contribution < -0.4 is 20.1 Å². The summed E-state index contributed by atoms with van der Waals surface area (Å²) in [4.78, 5) is 25.0. The summed E-state index contributed by atoms with van der Waals surface area (Å²) in [5.41, 5.74) is 1.70. The molecule has 0 saturated carbocycles. The summed E-state index contributed by atoms with van der Waals surface area (Å²) in [6.45, 7) is 5.59. The summed E-state index contributed by atoms with van der Waals surface area (Å²) < 4.78 is 50.1. The van der Waals surface area contributed by atoms with Crippen LogP contribution in [-0.4, -0.2) is 25.0 Å². The third kappa shape index (κ3) is 8.10. The number of ether oxygens (including phenoxy) is 2. The van der Waals surface area contributed by atoms with E-state index in [1.807, 2.05) is 32.0 Å². The first kappa shape index (κ1) is 28.8. The number of rotatable bonds is 9. The van der Waals surface area contributed by atoms with Crippen LogP contribution in [-0.2, 0) is 15.8 Å². The lowest BCUT2D eigenvalue weighted by Gasteiger charge is -2.14. The van der Waals surface area contributed by atoms with E-state index in [2.05, 4.69) is 10.6 Å². The number of hydrogen-bond donors (Lipinski definition) is 2. The SMILES string of the molecule is CCOc1cc(/C=C(\C#N)C(=O)Nc2cccc(C(F)(F)F)c2)ccc1OCC(=O)Nc1ccc(C)cc1C. The number of anilines is 2. The highest BCUT2D eigenvalue weighted by Crippen LogP contribution is 2.31. The van der Waals surface area contributed by atoms with Gasteiger partial charge in [0.1, 0.15) is 11.6 Å². The number of amides is 2. The molecule has 0 aliphatic rings. The molecule has 0 atom stereocenters. The highest BCUT2D eigenvalue weighted by molar-refractivity contribution is 6.09. The minimum Gasteiger partial charge on any atom is -0.490 e. The van der Waals surface area contributed by atoms with Gasteiger partial charge in [0.25, 0.3) is 11.8 Å². The number of carbonyl (C=O) groups excluding carboxylic acids is 2. The molecule has 2 N–H and O–H groups in total. The third-order valence-electron chi connectivity index (χ3n) is 5.41. The molecule has 0 saturated heterocycles. The third-order valence-corrected chi connectivity index (χ3v) is 5.41. The maximum atomic E-state index is 13.0. The van der Waals surface area contributed by atoms with Crippen molar-refractivity contribution in [3.05, 3.63) is 88.5 Å². The van der Waals surface area contributed by atoms with Crippen molar-refractivity contribution in [2.24, 2.45) is 0 Å². The predicted molar refractivity (Wildman–Crippen MR) is 141 cm³/mol. The Balaban J connectivity index is 1.73. The zero-order valence-electron chi connectivity index (χ0n) is 21.5. The first-order valence-electron chi connectivity index (χ1n) is 11.9. The van der Waals surface area contributed by atoms with Crippen molar-refractivity contribution in [2.75, 3.05) is 23.8 Å². The summed E-state index contributed by atoms with van der Waals surface area (Å²) in [7, 11) is 0. The molecule has 0 aliphatic heterocycles. The fourth-order valence-electron chi connectivity index (χ4n) is 3.57. The minimum atomic E-state index is -4.57. The quantitative estimate of drug-likeness (QED) is 0.247. The van der Waals surface area contributed by atoms with Gasteiger partial charge < -0.3 is 20.1 Å². The molecule has 39 heavy (non-hydrogen) atoms. The Labute approximate surface area is 223 Å². The molecule has 10 heteroatoms. The fourth-order valence-corrected chi connectivity index (χ4v) is 3.57. The van der Waals surface area contributed by atoms with Crippen LogP contribution in [0.25, 0.3) is 6.08 Å². The second kappa shape index (κ2) is 12.6. The van der Waals surface area contributed by atoms with E-state index in [4.69, 9.17) is 9.47 Å². The van der Waals surface area contributed by atoms with E-state index in [9.17, 15) is 28.0 Å². The topological polar surface area (TPSA) is 100 Å². The van der Waals surface area contributed by atoms with Gasteiger partial charge in [-0.3, -0.25) is 9.59 Å². The molecule has 3 rings (SSSR count). The standard InChI is InChI=1S/C29H26F3N3O4/c1-4-38-26-14-20(9-11-25(26)39-17-27(36)35-24-10-8-18(2)12-19(24)3)13-21(16-33)28(37)34-23-7-5-6-22(15-23)29(30,31)32/h5-15H,4,17H2,1-3H3,(H,34,37)(H,35,36)/b21-13+. The Bertz CT molecular complexity index is 1440. The molecule has 0 aromatic heterocycles. The first-order valence-corrected chi connectivity index (χ1v) is 11.9. The summed E-state index contributed by atoms with van der Waals surface area (Å²) in [5.74, 6) is -0.692. The van der Waals surface area contributed by atoms with Crippen molar-refractivity contribution in [1.82, 2.24) is 0 Å². The zero-order chi connectivity index (χ0) is 28.6. The molecular weight excluding hydrogens is 511 g/mol. The molecule has 3 aromatic rings. The fraction of sp³-hybridized carbons (Fsp3) is 0.207. The maximum Gasteiger partial charge on any atom is 0.416 e. The van der Waals surface area contributed by atoms with Crippen LogP contribution in [0.2, 0.25) is 0 Å². The molecule has 0 bridgehead atoms. The van der Waals surface area contributed by atoms with Crippen molar-refractivity contribution in [3.63, 3.8) is 0 Å². The zero-order valence-corrected chi connectivity index (χ0v) is 21.5. The van der Waals surface area contributed by atoms with E-state index in [0.717, 1.165) is 29.3 Å². The molecule has 202 valence electrons. The number of alkyl halides is 3. The van der Waals surface area contributed by atoms with Crippen LogP contribution in [0.4, 0.5) is 24.5 Å². The van der Waals surface area contributed by atoms with E-state index in [0.29, 0.717) is 11.3 Å². The normalized spacial score (nSPS) is 11.4. The van der Waals surface area contributed by atoms with Crippen molar-refractivity contribution in [1.29, 1.82) is 5.26 Å². The van der Waals surface area contributed by atoms with Crippen LogP contribution in [0.3, 0.4) is 0 Å². The molecule has 0 heterocycles. The van der Waals surface area contributed by atoms with Gasteiger partial charge in [0, 0.05) is 11.4 Å². The number of nitrogens with one attached hydrogen (secondary N) is 2. The van der Waals surface area contributed by atoms with Gasteiger partial charge in [0.05, 0.1) is 12.2 Å². The van der Waals surface area contributed by atoms with Gasteiger partial charge in [0.2, 0.25) is 0 Å². The van der Waals surface area contributed by atoms with Crippen LogP contribution in [0.15, 0.2) is 66.2 Å². The molecule has 0 unspecified atom stereocenters. The Hall–Kier alpha value is -4.78. The average molecular weight is 538 g/mol. The first-order chi connectivity index (χ1) is 18.5. The minimum absolute atomic E-state index is 0.103. The van der Waals surface area contributed by atoms with E-state index in [-0.39, 0.29) is 41.9 Å². The number of nitrogens with zero attached hydrogens (tertiary/aromatic N) is 1. The second-order valence-corrected chi connectivity index (χ2v) is 8.50. The Morgan fingerprint density at radius 1 is 0.974 bits per heavy atom. The van der Waals surface area contributed by atoms with Crippen LogP contribution in [0.5, 0.6) is 11.5 Å². The number of hydrogen-bond acceptors (Lipinski definition) is 5. The van der Waals surface area contributed by atoms with Crippen LogP contribution >= 0.6 is 0 Å². The molecule has 0 aliphatic carbocycles. The predicted octanol–water partition coefficient (Wildman–Crippen LogP) is 6.28. The van der Waals surface area contributed by atoms with Gasteiger partial charge in [0.15, 0.2) is 18.1 Å². The molecular formula is C29H26F3N3O4. The highest BCUT2D eigenvalue weighted by atomic mass is 19.4. The lowest BCUT2D eigenvalue weighted by Crippen LogP contribution is -2.21. The van der Waals surface area contributed by atoms with Gasteiger partial charge >= 0.3 is 6.18 Å². The summed E-state index contributed by atoms with van der Waals surface area (Å²) in [6, 6.07) is 16.1. The molecule has 2 amide bonds. The molecule has 3 aromatic carbocycles. The van der Waals surface area contributed by atoms with Gasteiger partial charge in [-0.2, -0.15) is 18.4 Å². The van der Waals surface area contributed by atoms with Crippen molar-refractivity contribution in [3.8, 4) is 17.6 Å². The van der Waals surface area contributed by atoms with Crippen molar-refractivity contribution in [2.45, 2.75) is 26.9 Å². The Kier molecular flexibility index (Phi) is 9.33. The van der Waals surface area contributed by atoms with Crippen LogP contribution in [0.1, 0.15) is 29.2 Å². The highest BCUT2D eigenvalue weighted by Gasteiger charge is 2.30. The van der Waals surface area contributed by atoms with Crippen molar-refractivity contribution < 1.29 is 32.2 Å². The summed E-state index contributed by atoms with van der Waals surface area (Å²) in [6.07, 6.45) is -3.31. The van der Waals surface area contributed by atoms with Gasteiger partial charge in [-0.15, -0.1) is 0 Å². The number of nitriles is 1. The van der Waals surface area contributed by atoms with Crippen molar-refractivity contribution >= 4 is 29.3 Å². The second-order valence-electron chi connectivity index (χ2n) is 8.50. The lowest BCUT2D eigenvalue weighted by atomic mass is 10.1. The number of benzene rings is 3. The number of aryl methyl sites for hydroxylation is 2. The average Bonchev–Trinajstić information content (AvgIpc) is 2.88. The van der Waals surface area contributed by atoms with Gasteiger partial charge in [-0.05, 0) is 74.4 Å². The number of carbonyl (C=O) groups is 2. The number of halogens is 3. The van der Waals surface area contributed by atoms with Gasteiger partial charge in [-0.1, -0.05) is 29.8 Å². The Morgan fingerprint density at radius 3 is 2.41 bits per heavy atom. The molecule has 7 nitrogen and oxygen atoms in total. The van der Waals surface area contributed by atoms with E-state index >= 15 is 0 Å². The van der Waals surface area contributed by atoms with E-state index in [1.165, 1.54) is 24.3 Å². The lowest BCUT2D eigenvalue weighted by molar-refractivity contribution is -0.137. The smallest absolute Gasteiger partial charge is 0.416 e. The molecule has 0 spiro atoms. The summed E-state index contributed by atoms with van der Waals surface area (Å²) >= 11 is 0.